The van der Waals surface area contributed by atoms with Crippen LogP contribution in [0.2, 0.25) is 0 Å². The highest BCUT2D eigenvalue weighted by Crippen LogP contribution is 2.22. The highest BCUT2D eigenvalue weighted by atomic mass is 35.5. The maximum atomic E-state index is 12.8. The Morgan fingerprint density at radius 1 is 1.42 bits per heavy atom. The van der Waals surface area contributed by atoms with Crippen LogP contribution in [-0.4, -0.2) is 59.5 Å². The van der Waals surface area contributed by atoms with Crippen LogP contribution in [0.25, 0.3) is 5.82 Å². The number of amides is 1. The third-order valence-corrected chi connectivity index (χ3v) is 5.31. The highest BCUT2D eigenvalue weighted by Gasteiger charge is 2.27. The molecule has 3 N–H and O–H groups in total. The number of nitrogens with two attached hydrogens (primary N) is 1. The zero-order valence-electron chi connectivity index (χ0n) is 17.3. The number of nitrogens with zero attached hydrogens (tertiary/aromatic N) is 8. The van der Waals surface area contributed by atoms with E-state index >= 15 is 0 Å². The van der Waals surface area contributed by atoms with E-state index in [1.54, 1.807) is 6.21 Å². The summed E-state index contributed by atoms with van der Waals surface area (Å²) in [5.74, 6) is -0.198. The van der Waals surface area contributed by atoms with Crippen molar-refractivity contribution in [2.45, 2.75) is 38.8 Å². The first-order chi connectivity index (χ1) is 14.5. The molecular formula is C18H25ClN10O2. The number of aryl methyl sites for hydroxylation is 1. The Bertz CT molecular complexity index is 1060. The van der Waals surface area contributed by atoms with Crippen molar-refractivity contribution in [3.05, 3.63) is 35.4 Å². The minimum atomic E-state index is -0.471. The number of hydrogen-bond donors (Lipinski definition) is 2. The first-order valence-corrected chi connectivity index (χ1v) is 9.76. The number of rotatable bonds is 6. The number of piperidine rings is 1. The highest BCUT2D eigenvalue weighted by molar-refractivity contribution is 5.94. The molecule has 0 saturated carbocycles. The number of carbonyl (C=O) groups is 1. The number of nitrogens with one attached hydrogen (secondary N) is 1. The Morgan fingerprint density at radius 3 is 2.94 bits per heavy atom. The lowest BCUT2D eigenvalue weighted by Gasteiger charge is -2.33. The van der Waals surface area contributed by atoms with Gasteiger partial charge in [0.05, 0.1) is 17.6 Å². The van der Waals surface area contributed by atoms with Crippen LogP contribution in [0.3, 0.4) is 0 Å². The maximum Gasteiger partial charge on any atom is 0.293 e. The first-order valence-electron chi connectivity index (χ1n) is 9.76. The summed E-state index contributed by atoms with van der Waals surface area (Å²) in [5, 5.41) is 19.6. The van der Waals surface area contributed by atoms with Crippen molar-refractivity contribution in [3.8, 4) is 5.82 Å². The van der Waals surface area contributed by atoms with Gasteiger partial charge in [0, 0.05) is 25.8 Å². The molecule has 0 spiro atoms. The second-order valence-electron chi connectivity index (χ2n) is 7.33. The van der Waals surface area contributed by atoms with Gasteiger partial charge in [0.25, 0.3) is 5.91 Å². The van der Waals surface area contributed by atoms with Gasteiger partial charge in [0.15, 0.2) is 5.69 Å². The molecule has 31 heavy (non-hydrogen) atoms. The zero-order chi connectivity index (χ0) is 21.1. The molecule has 4 heterocycles. The van der Waals surface area contributed by atoms with Gasteiger partial charge < -0.3 is 10.3 Å². The molecule has 0 aromatic carbocycles. The number of carbonyl (C=O) groups excluding carboxylic acids is 1. The van der Waals surface area contributed by atoms with E-state index < -0.39 is 5.91 Å². The normalized spacial score (nSPS) is 17.0. The number of halogens is 1. The summed E-state index contributed by atoms with van der Waals surface area (Å²) < 4.78 is 7.99. The Hall–Kier alpha value is -3.25. The molecule has 12 nitrogen and oxygen atoms in total. The molecule has 13 heteroatoms. The average molecular weight is 449 g/mol. The fourth-order valence-corrected chi connectivity index (χ4v) is 3.53. The molecule has 0 aliphatic carbocycles. The van der Waals surface area contributed by atoms with Gasteiger partial charge in [-0.15, -0.1) is 17.5 Å². The second kappa shape index (κ2) is 9.71. The van der Waals surface area contributed by atoms with Crippen molar-refractivity contribution in [1.82, 2.24) is 40.2 Å². The number of hydrogen-bond acceptors (Lipinski definition) is 9. The van der Waals surface area contributed by atoms with E-state index in [2.05, 4.69) is 43.0 Å². The lowest BCUT2D eigenvalue weighted by Crippen LogP contribution is -2.38. The van der Waals surface area contributed by atoms with E-state index in [-0.39, 0.29) is 29.7 Å². The van der Waals surface area contributed by atoms with E-state index in [9.17, 15) is 4.79 Å². The third-order valence-electron chi connectivity index (χ3n) is 5.31. The minimum absolute atomic E-state index is 0. The standard InChI is InChI=1S/C18H24N10O2.ClH/c1-12-6-3-4-9-27(12)11-14-15(21-25-28(14)17-16(19)23-30-24-17)18(29)22-20-10-13-7-5-8-26(13)2;/h5,7-8,10,12H,3-4,6,9,11H2,1-2H3,(H2,19,23)(H,22,29);1H/b20-10-;. The molecule has 0 radical (unpaired) electrons. The van der Waals surface area contributed by atoms with Crippen LogP contribution >= 0.6 is 12.4 Å². The van der Waals surface area contributed by atoms with Crippen molar-refractivity contribution in [2.75, 3.05) is 12.3 Å². The lowest BCUT2D eigenvalue weighted by molar-refractivity contribution is 0.0945. The second-order valence-corrected chi connectivity index (χ2v) is 7.33. The Morgan fingerprint density at radius 2 is 2.26 bits per heavy atom. The molecule has 166 valence electrons. The Balaban J connectivity index is 0.00000272. The summed E-state index contributed by atoms with van der Waals surface area (Å²) in [6.45, 7) is 3.56. The fourth-order valence-electron chi connectivity index (χ4n) is 3.53. The summed E-state index contributed by atoms with van der Waals surface area (Å²) >= 11 is 0. The number of aromatic nitrogens is 6. The fraction of sp³-hybridized carbons (Fsp3) is 0.444. The lowest BCUT2D eigenvalue weighted by atomic mass is 10.0. The molecule has 1 amide bonds. The predicted molar refractivity (Wildman–Crippen MR) is 115 cm³/mol. The van der Waals surface area contributed by atoms with Crippen molar-refractivity contribution in [1.29, 1.82) is 0 Å². The molecular weight excluding hydrogens is 424 g/mol. The van der Waals surface area contributed by atoms with Gasteiger partial charge in [-0.3, -0.25) is 9.69 Å². The van der Waals surface area contributed by atoms with Crippen molar-refractivity contribution >= 4 is 30.3 Å². The summed E-state index contributed by atoms with van der Waals surface area (Å²) in [4.78, 5) is 15.1. The monoisotopic (exact) mass is 448 g/mol. The van der Waals surface area contributed by atoms with Crippen molar-refractivity contribution < 1.29 is 9.42 Å². The molecule has 1 saturated heterocycles. The summed E-state index contributed by atoms with van der Waals surface area (Å²) in [6, 6.07) is 4.15. The van der Waals surface area contributed by atoms with E-state index in [0.29, 0.717) is 18.3 Å². The number of anilines is 1. The molecule has 3 aromatic heterocycles. The molecule has 3 aromatic rings. The summed E-state index contributed by atoms with van der Waals surface area (Å²) in [6.07, 6.45) is 6.84. The SMILES string of the molecule is CC1CCCCN1Cc1c(C(=O)N/N=C\c2cccn2C)nnn1-c1nonc1N.Cl. The van der Waals surface area contributed by atoms with Gasteiger partial charge in [0.2, 0.25) is 11.6 Å². The molecule has 1 atom stereocenters. The maximum absolute atomic E-state index is 12.8. The molecule has 0 bridgehead atoms. The van der Waals surface area contributed by atoms with Crippen LogP contribution < -0.4 is 11.2 Å². The largest absolute Gasteiger partial charge is 0.378 e. The number of hydrazone groups is 1. The zero-order valence-corrected chi connectivity index (χ0v) is 18.1. The van der Waals surface area contributed by atoms with Crippen LogP contribution in [0.15, 0.2) is 28.1 Å². The smallest absolute Gasteiger partial charge is 0.293 e. The molecule has 4 rings (SSSR count). The van der Waals surface area contributed by atoms with Gasteiger partial charge in [-0.2, -0.15) is 9.78 Å². The van der Waals surface area contributed by atoms with Crippen LogP contribution in [0.1, 0.15) is 48.1 Å². The molecule has 1 aliphatic heterocycles. The Kier molecular flexibility index (Phi) is 7.02. The van der Waals surface area contributed by atoms with Crippen molar-refractivity contribution in [3.63, 3.8) is 0 Å². The van der Waals surface area contributed by atoms with Crippen molar-refractivity contribution in [2.24, 2.45) is 12.1 Å². The Labute approximate surface area is 184 Å². The molecule has 1 fully saturated rings. The predicted octanol–water partition coefficient (Wildman–Crippen LogP) is 1.13. The van der Waals surface area contributed by atoms with Gasteiger partial charge in [-0.25, -0.2) is 10.1 Å². The van der Waals surface area contributed by atoms with Gasteiger partial charge in [-0.1, -0.05) is 11.6 Å². The topological polar surface area (TPSA) is 145 Å². The van der Waals surface area contributed by atoms with Crippen LogP contribution in [0.5, 0.6) is 0 Å². The van der Waals surface area contributed by atoms with E-state index in [1.165, 1.54) is 11.1 Å². The van der Waals surface area contributed by atoms with Crippen LogP contribution in [0.4, 0.5) is 5.82 Å². The summed E-state index contributed by atoms with van der Waals surface area (Å²) in [5.41, 5.74) is 9.91. The molecule has 1 unspecified atom stereocenters. The summed E-state index contributed by atoms with van der Waals surface area (Å²) in [7, 11) is 1.89. The minimum Gasteiger partial charge on any atom is -0.378 e. The van der Waals surface area contributed by atoms with Crippen LogP contribution in [-0.2, 0) is 13.6 Å². The molecule has 1 aliphatic rings. The third kappa shape index (κ3) is 4.75. The number of likely N-dealkylation sites (tertiary alicyclic amines) is 1. The van der Waals surface area contributed by atoms with Gasteiger partial charge in [-0.05, 0) is 48.8 Å². The average Bonchev–Trinajstić information content (AvgIpc) is 3.44. The quantitative estimate of drug-likeness (QED) is 0.421. The van der Waals surface area contributed by atoms with Gasteiger partial charge in [0.1, 0.15) is 0 Å². The number of nitrogen functional groups attached to an aromatic ring is 1. The van der Waals surface area contributed by atoms with E-state index in [0.717, 1.165) is 25.1 Å². The van der Waals surface area contributed by atoms with E-state index in [1.807, 2.05) is 29.9 Å². The first kappa shape index (κ1) is 22.4. The van der Waals surface area contributed by atoms with Gasteiger partial charge >= 0.3 is 0 Å². The van der Waals surface area contributed by atoms with E-state index in [4.69, 9.17) is 10.4 Å². The van der Waals surface area contributed by atoms with Crippen LogP contribution in [0, 0.1) is 0 Å².